The Hall–Kier alpha value is -1.81. The van der Waals surface area contributed by atoms with Crippen LogP contribution in [0.3, 0.4) is 0 Å². The maximum atomic E-state index is 12.7. The van der Waals surface area contributed by atoms with Crippen molar-refractivity contribution in [1.82, 2.24) is 10.2 Å². The average molecular weight is 384 g/mol. The van der Waals surface area contributed by atoms with E-state index in [0.29, 0.717) is 17.5 Å². The minimum atomic E-state index is 0.0232. The number of piperidine rings is 3. The van der Waals surface area contributed by atoms with Crippen LogP contribution >= 0.6 is 23.1 Å². The number of hydrogen-bond acceptors (Lipinski definition) is 5. The molecule has 0 radical (unpaired) electrons. The van der Waals surface area contributed by atoms with Crippen molar-refractivity contribution in [2.45, 2.75) is 41.0 Å². The third kappa shape index (κ3) is 3.52. The van der Waals surface area contributed by atoms with Crippen molar-refractivity contribution in [3.8, 4) is 6.07 Å². The van der Waals surface area contributed by atoms with E-state index in [1.54, 1.807) is 11.8 Å². The topological polar surface area (TPSA) is 56.1 Å². The van der Waals surface area contributed by atoms with Gasteiger partial charge in [-0.05, 0) is 75.2 Å². The van der Waals surface area contributed by atoms with Gasteiger partial charge in [-0.3, -0.25) is 9.69 Å². The zero-order valence-corrected chi connectivity index (χ0v) is 16.3. The van der Waals surface area contributed by atoms with Gasteiger partial charge >= 0.3 is 0 Å². The molecule has 1 aromatic heterocycles. The van der Waals surface area contributed by atoms with E-state index in [0.717, 1.165) is 14.0 Å². The summed E-state index contributed by atoms with van der Waals surface area (Å²) in [7, 11) is 0. The number of benzene rings is 1. The van der Waals surface area contributed by atoms with E-state index in [9.17, 15) is 4.79 Å². The van der Waals surface area contributed by atoms with Crippen molar-refractivity contribution in [3.63, 3.8) is 0 Å². The molecule has 5 rings (SSSR count). The first-order chi connectivity index (χ1) is 12.6. The number of hydrogen-bond donors (Lipinski definition) is 1. The fraction of sp³-hybridized carbons (Fsp3) is 0.400. The van der Waals surface area contributed by atoms with Gasteiger partial charge in [-0.2, -0.15) is 5.26 Å². The first-order valence-corrected chi connectivity index (χ1v) is 10.6. The maximum Gasteiger partial charge on any atom is 0.251 e. The maximum absolute atomic E-state index is 12.7. The number of nitriles is 1. The van der Waals surface area contributed by atoms with Crippen LogP contribution in [-0.4, -0.2) is 36.0 Å². The predicted octanol–water partition coefficient (Wildman–Crippen LogP) is 3.98. The summed E-state index contributed by atoms with van der Waals surface area (Å²) in [5.74, 6) is 0.636. The number of thiophene rings is 1. The van der Waals surface area contributed by atoms with Crippen LogP contribution in [0.25, 0.3) is 0 Å². The Bertz CT molecular complexity index is 829. The smallest absolute Gasteiger partial charge is 0.251 e. The van der Waals surface area contributed by atoms with E-state index in [1.165, 1.54) is 37.3 Å². The Labute approximate surface area is 162 Å². The van der Waals surface area contributed by atoms with E-state index >= 15 is 0 Å². The SMILES string of the molecule is CC1C(NC(=O)c2ccc(Sc3ccc(C#N)s3)cc2)C2CCN1CC2. The highest BCUT2D eigenvalue weighted by Crippen LogP contribution is 2.34. The number of carbonyl (C=O) groups excluding carboxylic acids is 1. The fourth-order valence-electron chi connectivity index (χ4n) is 4.01. The molecule has 3 saturated heterocycles. The first-order valence-electron chi connectivity index (χ1n) is 8.97. The van der Waals surface area contributed by atoms with Crippen LogP contribution in [0, 0.1) is 17.2 Å². The Balaban J connectivity index is 1.40. The Kier molecular flexibility index (Phi) is 5.03. The number of nitrogens with zero attached hydrogens (tertiary/aromatic N) is 2. The molecule has 4 nitrogen and oxygen atoms in total. The molecule has 3 fully saturated rings. The molecule has 3 aliphatic rings. The van der Waals surface area contributed by atoms with Gasteiger partial charge in [0, 0.05) is 22.5 Å². The van der Waals surface area contributed by atoms with Crippen molar-refractivity contribution in [3.05, 3.63) is 46.8 Å². The minimum absolute atomic E-state index is 0.0232. The second-order valence-electron chi connectivity index (χ2n) is 6.97. The standard InChI is InChI=1S/C20H21N3OS2/c1-13-19(14-8-10-23(13)11-9-14)22-20(24)15-2-4-16(5-3-15)25-18-7-6-17(12-21)26-18/h2-7,13-14,19H,8-11H2,1H3,(H,22,24). The summed E-state index contributed by atoms with van der Waals surface area (Å²) < 4.78 is 1.08. The largest absolute Gasteiger partial charge is 0.347 e. The normalized spacial score (nSPS) is 27.1. The quantitative estimate of drug-likeness (QED) is 0.867. The summed E-state index contributed by atoms with van der Waals surface area (Å²) >= 11 is 3.11. The molecule has 2 aromatic rings. The summed E-state index contributed by atoms with van der Waals surface area (Å²) in [6.45, 7) is 4.56. The van der Waals surface area contributed by atoms with Crippen LogP contribution in [0.1, 0.15) is 35.0 Å². The molecule has 2 unspecified atom stereocenters. The number of rotatable bonds is 4. The molecular weight excluding hydrogens is 362 g/mol. The Morgan fingerprint density at radius 1 is 1.23 bits per heavy atom. The third-order valence-corrected chi connectivity index (χ3v) is 7.63. The molecule has 4 heterocycles. The third-order valence-electron chi connectivity index (χ3n) is 5.50. The monoisotopic (exact) mass is 383 g/mol. The van der Waals surface area contributed by atoms with Gasteiger partial charge in [-0.25, -0.2) is 0 Å². The molecule has 26 heavy (non-hydrogen) atoms. The lowest BCUT2D eigenvalue weighted by Gasteiger charge is -2.49. The molecule has 1 aromatic carbocycles. The van der Waals surface area contributed by atoms with Gasteiger partial charge in [0.1, 0.15) is 10.9 Å². The first kappa shape index (κ1) is 17.6. The summed E-state index contributed by atoms with van der Waals surface area (Å²) in [5, 5.41) is 12.2. The van der Waals surface area contributed by atoms with E-state index in [4.69, 9.17) is 5.26 Å². The number of carbonyl (C=O) groups is 1. The molecule has 134 valence electrons. The van der Waals surface area contributed by atoms with Gasteiger partial charge < -0.3 is 5.32 Å². The molecular formula is C20H21N3OS2. The van der Waals surface area contributed by atoms with Crippen molar-refractivity contribution >= 4 is 29.0 Å². The van der Waals surface area contributed by atoms with E-state index in [-0.39, 0.29) is 11.9 Å². The second-order valence-corrected chi connectivity index (χ2v) is 9.43. The summed E-state index contributed by atoms with van der Waals surface area (Å²) in [4.78, 5) is 17.0. The number of nitrogens with one attached hydrogen (secondary N) is 1. The highest BCUT2D eigenvalue weighted by atomic mass is 32.2. The minimum Gasteiger partial charge on any atom is -0.347 e. The second kappa shape index (κ2) is 7.43. The molecule has 0 aliphatic carbocycles. The zero-order chi connectivity index (χ0) is 18.1. The molecule has 1 amide bonds. The predicted molar refractivity (Wildman–Crippen MR) is 105 cm³/mol. The molecule has 2 atom stereocenters. The Morgan fingerprint density at radius 2 is 1.96 bits per heavy atom. The lowest BCUT2D eigenvalue weighted by Crippen LogP contribution is -2.62. The van der Waals surface area contributed by atoms with Crippen molar-refractivity contribution < 1.29 is 4.79 Å². The molecule has 1 N–H and O–H groups in total. The summed E-state index contributed by atoms with van der Waals surface area (Å²) in [6, 6.07) is 14.4. The van der Waals surface area contributed by atoms with Crippen LogP contribution in [0.4, 0.5) is 0 Å². The molecule has 0 spiro atoms. The van der Waals surface area contributed by atoms with Crippen LogP contribution in [0.15, 0.2) is 45.5 Å². The van der Waals surface area contributed by atoms with Gasteiger partial charge in [0.25, 0.3) is 5.91 Å². The van der Waals surface area contributed by atoms with Gasteiger partial charge in [0.05, 0.1) is 4.21 Å². The molecule has 6 heteroatoms. The molecule has 0 saturated carbocycles. The van der Waals surface area contributed by atoms with Crippen molar-refractivity contribution in [2.75, 3.05) is 13.1 Å². The zero-order valence-electron chi connectivity index (χ0n) is 14.6. The van der Waals surface area contributed by atoms with E-state index in [2.05, 4.69) is 23.2 Å². The van der Waals surface area contributed by atoms with Crippen LogP contribution < -0.4 is 5.32 Å². The summed E-state index contributed by atoms with van der Waals surface area (Å²) in [6.07, 6.45) is 2.38. The lowest BCUT2D eigenvalue weighted by molar-refractivity contribution is 0.0217. The van der Waals surface area contributed by atoms with Gasteiger partial charge in [0.15, 0.2) is 0 Å². The van der Waals surface area contributed by atoms with Gasteiger partial charge in [0.2, 0.25) is 0 Å². The van der Waals surface area contributed by atoms with Crippen molar-refractivity contribution in [2.24, 2.45) is 5.92 Å². The Morgan fingerprint density at radius 3 is 2.58 bits per heavy atom. The fourth-order valence-corrected chi connectivity index (χ4v) is 5.91. The lowest BCUT2D eigenvalue weighted by atomic mass is 9.79. The summed E-state index contributed by atoms with van der Waals surface area (Å²) in [5.41, 5.74) is 0.710. The van der Waals surface area contributed by atoms with Crippen LogP contribution in [0.2, 0.25) is 0 Å². The molecule has 3 aliphatic heterocycles. The van der Waals surface area contributed by atoms with Gasteiger partial charge in [-0.15, -0.1) is 11.3 Å². The average Bonchev–Trinajstić information content (AvgIpc) is 3.13. The highest BCUT2D eigenvalue weighted by molar-refractivity contribution is 8.01. The molecule has 2 bridgehead atoms. The number of fused-ring (bicyclic) bond motifs is 3. The van der Waals surface area contributed by atoms with Crippen molar-refractivity contribution in [1.29, 1.82) is 5.26 Å². The van der Waals surface area contributed by atoms with E-state index in [1.807, 2.05) is 36.4 Å². The van der Waals surface area contributed by atoms with Crippen LogP contribution in [0.5, 0.6) is 0 Å². The van der Waals surface area contributed by atoms with E-state index < -0.39 is 0 Å². The van der Waals surface area contributed by atoms with Gasteiger partial charge in [-0.1, -0.05) is 11.8 Å². The van der Waals surface area contributed by atoms with Crippen LogP contribution in [-0.2, 0) is 0 Å². The number of amides is 1. The highest BCUT2D eigenvalue weighted by Gasteiger charge is 2.40.